The van der Waals surface area contributed by atoms with Crippen LogP contribution in [0.15, 0.2) is 0 Å². The Labute approximate surface area is 88.3 Å². The predicted molar refractivity (Wildman–Crippen MR) is 53.0 cm³/mol. The Hall–Kier alpha value is -0.820. The van der Waals surface area contributed by atoms with Crippen LogP contribution in [0.3, 0.4) is 0 Å². The second kappa shape index (κ2) is 3.08. The van der Waals surface area contributed by atoms with Crippen LogP contribution in [0.2, 0.25) is 0 Å². The maximum Gasteiger partial charge on any atom is 0.407 e. The summed E-state index contributed by atoms with van der Waals surface area (Å²) in [7, 11) is -3.26. The highest BCUT2D eigenvalue weighted by Crippen LogP contribution is 2.52. The molecule has 1 heterocycles. The normalized spacial score (nSPS) is 28.3. The highest BCUT2D eigenvalue weighted by molar-refractivity contribution is 7.88. The molecule has 1 saturated carbocycles. The van der Waals surface area contributed by atoms with E-state index in [2.05, 4.69) is 4.72 Å². The van der Waals surface area contributed by atoms with Crippen LogP contribution >= 0.6 is 0 Å². The minimum atomic E-state index is -3.26. The van der Waals surface area contributed by atoms with Gasteiger partial charge in [0.1, 0.15) is 0 Å². The van der Waals surface area contributed by atoms with Crippen LogP contribution in [0, 0.1) is 5.41 Å². The molecule has 2 N–H and O–H groups in total. The molecule has 0 aromatic rings. The summed E-state index contributed by atoms with van der Waals surface area (Å²) in [6.07, 6.45) is 1.94. The molecule has 2 rings (SSSR count). The lowest BCUT2D eigenvalue weighted by molar-refractivity contribution is 0.153. The van der Waals surface area contributed by atoms with Crippen molar-refractivity contribution in [1.82, 2.24) is 9.62 Å². The van der Waals surface area contributed by atoms with E-state index in [-0.39, 0.29) is 18.0 Å². The summed E-state index contributed by atoms with van der Waals surface area (Å²) in [5.41, 5.74) is -0.124. The molecule has 0 bridgehead atoms. The largest absolute Gasteiger partial charge is 0.465 e. The van der Waals surface area contributed by atoms with Crippen molar-refractivity contribution < 1.29 is 18.3 Å². The van der Waals surface area contributed by atoms with Crippen molar-refractivity contribution in [3.8, 4) is 0 Å². The topological polar surface area (TPSA) is 86.7 Å². The summed E-state index contributed by atoms with van der Waals surface area (Å²) in [5, 5.41) is 8.84. The molecule has 6 nitrogen and oxygen atoms in total. The molecule has 1 spiro atoms. The van der Waals surface area contributed by atoms with Crippen LogP contribution in [-0.2, 0) is 10.0 Å². The SMILES string of the molecule is CS(=O)(=O)NC1CN(C(=O)O)CC12CC2. The van der Waals surface area contributed by atoms with E-state index < -0.39 is 16.1 Å². The zero-order valence-electron chi connectivity index (χ0n) is 8.43. The fourth-order valence-corrected chi connectivity index (χ4v) is 3.04. The van der Waals surface area contributed by atoms with E-state index in [4.69, 9.17) is 5.11 Å². The maximum atomic E-state index is 11.1. The van der Waals surface area contributed by atoms with E-state index in [1.54, 1.807) is 0 Å². The summed E-state index contributed by atoms with van der Waals surface area (Å²) in [6.45, 7) is 0.720. The number of nitrogens with zero attached hydrogens (tertiary/aromatic N) is 1. The average Bonchev–Trinajstić information content (AvgIpc) is 2.71. The van der Waals surface area contributed by atoms with Crippen molar-refractivity contribution in [2.24, 2.45) is 5.41 Å². The van der Waals surface area contributed by atoms with E-state index in [0.29, 0.717) is 6.54 Å². The first-order chi connectivity index (χ1) is 6.82. The number of hydrogen-bond acceptors (Lipinski definition) is 3. The highest BCUT2D eigenvalue weighted by Gasteiger charge is 2.56. The van der Waals surface area contributed by atoms with Crippen LogP contribution in [0.1, 0.15) is 12.8 Å². The van der Waals surface area contributed by atoms with Gasteiger partial charge in [-0.05, 0) is 12.8 Å². The smallest absolute Gasteiger partial charge is 0.407 e. The van der Waals surface area contributed by atoms with Crippen LogP contribution < -0.4 is 4.72 Å². The molecule has 86 valence electrons. The first-order valence-corrected chi connectivity index (χ1v) is 6.67. The molecule has 1 aliphatic carbocycles. The number of hydrogen-bond donors (Lipinski definition) is 2. The van der Waals surface area contributed by atoms with Crippen LogP contribution in [0.4, 0.5) is 4.79 Å². The Morgan fingerprint density at radius 1 is 1.53 bits per heavy atom. The molecular weight excluding hydrogens is 220 g/mol. The van der Waals surface area contributed by atoms with Crippen molar-refractivity contribution in [2.75, 3.05) is 19.3 Å². The quantitative estimate of drug-likeness (QED) is 0.685. The third-order valence-corrected chi connectivity index (χ3v) is 3.88. The number of carboxylic acid groups (broad SMARTS) is 1. The second-order valence-electron chi connectivity index (χ2n) is 4.47. The van der Waals surface area contributed by atoms with Crippen LogP contribution in [-0.4, -0.2) is 49.9 Å². The standard InChI is InChI=1S/C8H14N2O4S/c1-15(13,14)9-6-4-10(7(11)12)5-8(6)2-3-8/h6,9H,2-5H2,1H3,(H,11,12). The zero-order chi connectivity index (χ0) is 11.3. The Morgan fingerprint density at radius 3 is 2.53 bits per heavy atom. The van der Waals surface area contributed by atoms with Crippen molar-refractivity contribution in [1.29, 1.82) is 0 Å². The number of likely N-dealkylation sites (tertiary alicyclic amines) is 1. The van der Waals surface area contributed by atoms with E-state index in [9.17, 15) is 13.2 Å². The van der Waals surface area contributed by atoms with Gasteiger partial charge in [0.2, 0.25) is 10.0 Å². The molecule has 2 aliphatic rings. The zero-order valence-corrected chi connectivity index (χ0v) is 9.25. The van der Waals surface area contributed by atoms with Crippen molar-refractivity contribution in [3.05, 3.63) is 0 Å². The second-order valence-corrected chi connectivity index (χ2v) is 6.25. The van der Waals surface area contributed by atoms with Crippen LogP contribution in [0.25, 0.3) is 0 Å². The molecule has 0 aromatic heterocycles. The number of rotatable bonds is 2. The van der Waals surface area contributed by atoms with Gasteiger partial charge in [-0.15, -0.1) is 0 Å². The number of sulfonamides is 1. The molecule has 0 radical (unpaired) electrons. The van der Waals surface area contributed by atoms with Crippen LogP contribution in [0.5, 0.6) is 0 Å². The van der Waals surface area contributed by atoms with Gasteiger partial charge in [0.15, 0.2) is 0 Å². The lowest BCUT2D eigenvalue weighted by Gasteiger charge is -2.16. The number of amides is 1. The Bertz CT molecular complexity index is 387. The van der Waals surface area contributed by atoms with E-state index in [0.717, 1.165) is 19.1 Å². The van der Waals surface area contributed by atoms with Gasteiger partial charge >= 0.3 is 6.09 Å². The predicted octanol–water partition coefficient (Wildman–Crippen LogP) is -0.322. The van der Waals surface area contributed by atoms with Crippen molar-refractivity contribution in [2.45, 2.75) is 18.9 Å². The third-order valence-electron chi connectivity index (χ3n) is 3.17. The van der Waals surface area contributed by atoms with Gasteiger partial charge in [-0.1, -0.05) is 0 Å². The minimum Gasteiger partial charge on any atom is -0.465 e. The lowest BCUT2D eigenvalue weighted by Crippen LogP contribution is -2.41. The molecule has 0 aromatic carbocycles. The summed E-state index contributed by atoms with van der Waals surface area (Å²) < 4.78 is 24.7. The number of carbonyl (C=O) groups is 1. The molecule has 1 amide bonds. The monoisotopic (exact) mass is 234 g/mol. The molecule has 1 saturated heterocycles. The van der Waals surface area contributed by atoms with E-state index in [1.165, 1.54) is 4.90 Å². The first-order valence-electron chi connectivity index (χ1n) is 4.78. The lowest BCUT2D eigenvalue weighted by atomic mass is 10.0. The Balaban J connectivity index is 2.10. The van der Waals surface area contributed by atoms with Gasteiger partial charge in [0.05, 0.1) is 6.26 Å². The fraction of sp³-hybridized carbons (Fsp3) is 0.875. The molecular formula is C8H14N2O4S. The van der Waals surface area contributed by atoms with Gasteiger partial charge in [-0.3, -0.25) is 0 Å². The summed E-state index contributed by atoms with van der Waals surface area (Å²) in [5.74, 6) is 0. The summed E-state index contributed by atoms with van der Waals surface area (Å²) in [4.78, 5) is 12.1. The molecule has 7 heteroatoms. The Morgan fingerprint density at radius 2 is 2.13 bits per heavy atom. The Kier molecular flexibility index (Phi) is 2.20. The molecule has 15 heavy (non-hydrogen) atoms. The first kappa shape index (κ1) is 10.7. The molecule has 1 atom stereocenters. The summed E-state index contributed by atoms with van der Waals surface area (Å²) >= 11 is 0. The van der Waals surface area contributed by atoms with Gasteiger partial charge in [-0.2, -0.15) is 0 Å². The van der Waals surface area contributed by atoms with E-state index >= 15 is 0 Å². The number of nitrogens with one attached hydrogen (secondary N) is 1. The minimum absolute atomic E-state index is 0.124. The molecule has 1 aliphatic heterocycles. The fourth-order valence-electron chi connectivity index (χ4n) is 2.20. The third kappa shape index (κ3) is 2.07. The van der Waals surface area contributed by atoms with Gasteiger partial charge in [0.25, 0.3) is 0 Å². The van der Waals surface area contributed by atoms with Crippen molar-refractivity contribution >= 4 is 16.1 Å². The summed E-state index contributed by atoms with van der Waals surface area (Å²) in [6, 6.07) is -0.247. The molecule has 1 unspecified atom stereocenters. The van der Waals surface area contributed by atoms with Crippen molar-refractivity contribution in [3.63, 3.8) is 0 Å². The highest BCUT2D eigenvalue weighted by atomic mass is 32.2. The molecule has 2 fully saturated rings. The van der Waals surface area contributed by atoms with Gasteiger partial charge < -0.3 is 10.0 Å². The average molecular weight is 234 g/mol. The maximum absolute atomic E-state index is 11.1. The van der Waals surface area contributed by atoms with E-state index in [1.807, 2.05) is 0 Å². The van der Waals surface area contributed by atoms with Gasteiger partial charge in [-0.25, -0.2) is 17.9 Å². The van der Waals surface area contributed by atoms with Gasteiger partial charge in [0, 0.05) is 24.5 Å².